The van der Waals surface area contributed by atoms with Crippen molar-refractivity contribution in [1.29, 1.82) is 0 Å². The molecular weight excluding hydrogens is 568 g/mol. The minimum absolute atomic E-state index is 0.109. The van der Waals surface area contributed by atoms with Crippen LogP contribution in [0.1, 0.15) is 63.7 Å². The predicted octanol–water partition coefficient (Wildman–Crippen LogP) is 2.32. The summed E-state index contributed by atoms with van der Waals surface area (Å²) in [6, 6.07) is 15.1. The fourth-order valence-electron chi connectivity index (χ4n) is 6.41. The standard InChI is InChI=1S/C31H36N6O7/c1-2-3-10-22-32-31(15-6-7-16-31)30(43)36(22)17-18-11-13-19(14-12-18)20-8-4-5-9-21(20)27-33-34-35-37(27)28-25(40)23(38)24(39)26(44-28)29(41)42/h4-5,8-9,11-14,23-26,28,38-40H,2-3,6-7,10,15-17H2,1H3,(H,41,42)/t23-,24-,25+,26-,28?/m0/s1. The van der Waals surface area contributed by atoms with E-state index in [1.165, 1.54) is 0 Å². The third-order valence-electron chi connectivity index (χ3n) is 8.82. The molecule has 2 fully saturated rings. The molecule has 1 aromatic heterocycles. The number of carboxylic acids is 1. The van der Waals surface area contributed by atoms with Crippen LogP contribution in [0.5, 0.6) is 0 Å². The van der Waals surface area contributed by atoms with E-state index in [4.69, 9.17) is 9.73 Å². The van der Waals surface area contributed by atoms with Gasteiger partial charge in [-0.25, -0.2) is 4.79 Å². The zero-order valence-electron chi connectivity index (χ0n) is 24.4. The van der Waals surface area contributed by atoms with E-state index in [-0.39, 0.29) is 11.7 Å². The Hall–Kier alpha value is -4.04. The molecular formula is C31H36N6O7. The zero-order valence-corrected chi connectivity index (χ0v) is 24.4. The summed E-state index contributed by atoms with van der Waals surface area (Å²) in [5.41, 5.74) is 2.54. The van der Waals surface area contributed by atoms with Crippen molar-refractivity contribution in [2.75, 3.05) is 0 Å². The zero-order chi connectivity index (χ0) is 31.0. The number of nitrogens with zero attached hydrogens (tertiary/aromatic N) is 6. The molecule has 1 amide bonds. The highest BCUT2D eigenvalue weighted by molar-refractivity contribution is 6.08. The van der Waals surface area contributed by atoms with Crippen molar-refractivity contribution in [2.24, 2.45) is 4.99 Å². The van der Waals surface area contributed by atoms with Gasteiger partial charge >= 0.3 is 5.97 Å². The van der Waals surface area contributed by atoms with Crippen LogP contribution >= 0.6 is 0 Å². The summed E-state index contributed by atoms with van der Waals surface area (Å²) in [5.74, 6) is -0.337. The fraction of sp³-hybridized carbons (Fsp3) is 0.484. The first kappa shape index (κ1) is 30.0. The molecule has 232 valence electrons. The number of aliphatic hydroxyl groups is 3. The molecule has 1 saturated carbocycles. The Morgan fingerprint density at radius 1 is 1.00 bits per heavy atom. The maximum absolute atomic E-state index is 13.6. The maximum Gasteiger partial charge on any atom is 0.335 e. The fourth-order valence-corrected chi connectivity index (χ4v) is 6.41. The number of aromatic nitrogens is 4. The van der Waals surface area contributed by atoms with Crippen molar-refractivity contribution in [3.8, 4) is 22.5 Å². The Balaban J connectivity index is 1.26. The van der Waals surface area contributed by atoms with E-state index in [1.807, 2.05) is 41.3 Å². The number of aliphatic carboxylic acids is 1. The lowest BCUT2D eigenvalue weighted by Gasteiger charge is -2.38. The van der Waals surface area contributed by atoms with Crippen LogP contribution in [0.25, 0.3) is 22.5 Å². The second-order valence-electron chi connectivity index (χ2n) is 11.7. The number of carboxylic acid groups (broad SMARTS) is 1. The molecule has 0 radical (unpaired) electrons. The second-order valence-corrected chi connectivity index (χ2v) is 11.7. The van der Waals surface area contributed by atoms with Crippen LogP contribution in [0.4, 0.5) is 0 Å². The quantitative estimate of drug-likeness (QED) is 0.283. The maximum atomic E-state index is 13.6. The number of aliphatic hydroxyl groups excluding tert-OH is 3. The first-order chi connectivity index (χ1) is 21.2. The van der Waals surface area contributed by atoms with E-state index in [9.17, 15) is 30.0 Å². The van der Waals surface area contributed by atoms with Gasteiger partial charge < -0.3 is 25.2 Å². The van der Waals surface area contributed by atoms with Crippen molar-refractivity contribution in [3.05, 3.63) is 54.1 Å². The van der Waals surface area contributed by atoms with Gasteiger partial charge in [0.1, 0.15) is 29.7 Å². The number of aliphatic imine (C=N–C) groups is 1. The van der Waals surface area contributed by atoms with Gasteiger partial charge in [0.15, 0.2) is 18.2 Å². The number of carbonyl (C=O) groups excluding carboxylic acids is 1. The summed E-state index contributed by atoms with van der Waals surface area (Å²) >= 11 is 0. The van der Waals surface area contributed by atoms with Crippen molar-refractivity contribution in [2.45, 2.75) is 94.6 Å². The lowest BCUT2D eigenvalue weighted by atomic mass is 9.96. The van der Waals surface area contributed by atoms with Gasteiger partial charge in [0, 0.05) is 12.0 Å². The molecule has 3 aliphatic rings. The SMILES string of the molecule is CCCCC1=NC2(CCCC2)C(=O)N1Cc1ccc(-c2ccccc2-c2nnnn2C2O[C@H](C(=O)O)[C@@H](O)[C@H](O)[C@H]2O)cc1. The molecule has 4 N–H and O–H groups in total. The summed E-state index contributed by atoms with van der Waals surface area (Å²) < 4.78 is 6.58. The average molecular weight is 605 g/mol. The van der Waals surface area contributed by atoms with Crippen molar-refractivity contribution in [1.82, 2.24) is 25.1 Å². The summed E-state index contributed by atoms with van der Waals surface area (Å²) in [5, 5.41) is 52.3. The van der Waals surface area contributed by atoms with Crippen LogP contribution in [0.15, 0.2) is 53.5 Å². The number of hydrogen-bond acceptors (Lipinski definition) is 10. The molecule has 2 aliphatic heterocycles. The van der Waals surface area contributed by atoms with E-state index in [2.05, 4.69) is 22.4 Å². The molecule has 1 spiro atoms. The van der Waals surface area contributed by atoms with Gasteiger partial charge in [0.05, 0.1) is 6.54 Å². The minimum Gasteiger partial charge on any atom is -0.479 e. The Morgan fingerprint density at radius 3 is 2.39 bits per heavy atom. The summed E-state index contributed by atoms with van der Waals surface area (Å²) in [6.45, 7) is 2.58. The molecule has 6 rings (SSSR count). The van der Waals surface area contributed by atoms with E-state index in [0.717, 1.165) is 72.2 Å². The summed E-state index contributed by atoms with van der Waals surface area (Å²) in [6.07, 6.45) is -2.13. The molecule has 13 heteroatoms. The first-order valence-electron chi connectivity index (χ1n) is 15.0. The van der Waals surface area contributed by atoms with Gasteiger partial charge in [-0.3, -0.25) is 14.7 Å². The topological polar surface area (TPSA) is 183 Å². The number of tetrazole rings is 1. The Morgan fingerprint density at radius 2 is 1.70 bits per heavy atom. The highest BCUT2D eigenvalue weighted by Crippen LogP contribution is 2.40. The predicted molar refractivity (Wildman–Crippen MR) is 157 cm³/mol. The lowest BCUT2D eigenvalue weighted by molar-refractivity contribution is -0.249. The molecule has 1 saturated heterocycles. The largest absolute Gasteiger partial charge is 0.479 e. The minimum atomic E-state index is -1.84. The van der Waals surface area contributed by atoms with Crippen LogP contribution < -0.4 is 0 Å². The van der Waals surface area contributed by atoms with Crippen LogP contribution in [0, 0.1) is 0 Å². The number of rotatable bonds is 9. The summed E-state index contributed by atoms with van der Waals surface area (Å²) in [7, 11) is 0. The lowest BCUT2D eigenvalue weighted by Crippen LogP contribution is -2.58. The molecule has 5 atom stereocenters. The third kappa shape index (κ3) is 5.30. The van der Waals surface area contributed by atoms with Crippen LogP contribution in [-0.4, -0.2) is 93.2 Å². The molecule has 3 aromatic rings. The first-order valence-corrected chi connectivity index (χ1v) is 15.0. The molecule has 2 aromatic carbocycles. The van der Waals surface area contributed by atoms with Gasteiger partial charge in [-0.2, -0.15) is 4.68 Å². The van der Waals surface area contributed by atoms with Crippen LogP contribution in [-0.2, 0) is 20.9 Å². The van der Waals surface area contributed by atoms with Crippen molar-refractivity contribution >= 4 is 17.7 Å². The van der Waals surface area contributed by atoms with E-state index >= 15 is 0 Å². The Kier molecular flexibility index (Phi) is 8.29. The van der Waals surface area contributed by atoms with E-state index in [1.54, 1.807) is 12.1 Å². The highest BCUT2D eigenvalue weighted by Gasteiger charge is 2.50. The Bertz CT molecular complexity index is 1550. The van der Waals surface area contributed by atoms with Gasteiger partial charge in [-0.1, -0.05) is 74.7 Å². The number of ether oxygens (including phenoxy) is 1. The smallest absolute Gasteiger partial charge is 0.335 e. The second kappa shape index (κ2) is 12.2. The molecule has 0 bridgehead atoms. The normalized spacial score (nSPS) is 26.4. The van der Waals surface area contributed by atoms with Gasteiger partial charge in [-0.05, 0) is 46.4 Å². The molecule has 1 aliphatic carbocycles. The number of carbonyl (C=O) groups is 2. The van der Waals surface area contributed by atoms with Gasteiger partial charge in [0.2, 0.25) is 0 Å². The molecule has 44 heavy (non-hydrogen) atoms. The number of amidine groups is 1. The molecule has 13 nitrogen and oxygen atoms in total. The highest BCUT2D eigenvalue weighted by atomic mass is 16.6. The van der Waals surface area contributed by atoms with Gasteiger partial charge in [0.25, 0.3) is 5.91 Å². The third-order valence-corrected chi connectivity index (χ3v) is 8.82. The van der Waals surface area contributed by atoms with Crippen molar-refractivity contribution in [3.63, 3.8) is 0 Å². The van der Waals surface area contributed by atoms with Crippen LogP contribution in [0.3, 0.4) is 0 Å². The van der Waals surface area contributed by atoms with Crippen LogP contribution in [0.2, 0.25) is 0 Å². The number of unbranched alkanes of at least 4 members (excludes halogenated alkanes) is 1. The number of amides is 1. The summed E-state index contributed by atoms with van der Waals surface area (Å²) in [4.78, 5) is 32.0. The van der Waals surface area contributed by atoms with E-state index < -0.39 is 42.2 Å². The average Bonchev–Trinajstić information content (AvgIpc) is 3.77. The molecule has 1 unspecified atom stereocenters. The monoisotopic (exact) mass is 604 g/mol. The van der Waals surface area contributed by atoms with Crippen molar-refractivity contribution < 1.29 is 34.8 Å². The molecule has 3 heterocycles. The van der Waals surface area contributed by atoms with E-state index in [0.29, 0.717) is 12.1 Å². The Labute approximate surface area is 253 Å². The van der Waals surface area contributed by atoms with Gasteiger partial charge in [-0.15, -0.1) is 5.10 Å². The number of benzene rings is 2. The number of hydrogen-bond donors (Lipinski definition) is 4.